The van der Waals surface area contributed by atoms with Gasteiger partial charge in [0.15, 0.2) is 10.9 Å². The highest BCUT2D eigenvalue weighted by Crippen LogP contribution is 2.38. The zero-order valence-electron chi connectivity index (χ0n) is 15.4. The molecule has 0 amide bonds. The van der Waals surface area contributed by atoms with Crippen molar-refractivity contribution < 1.29 is 32.8 Å². The first kappa shape index (κ1) is 20.1. The molecule has 29 heavy (non-hydrogen) atoms. The Balaban J connectivity index is 1.65. The van der Waals surface area contributed by atoms with Crippen molar-refractivity contribution in [2.75, 3.05) is 24.6 Å². The van der Waals surface area contributed by atoms with Gasteiger partial charge >= 0.3 is 6.18 Å². The minimum Gasteiger partial charge on any atom is -0.417 e. The number of fused-ring (bicyclic) bond motifs is 1. The highest BCUT2D eigenvalue weighted by Gasteiger charge is 2.44. The van der Waals surface area contributed by atoms with E-state index in [1.165, 1.54) is 0 Å². The van der Waals surface area contributed by atoms with Crippen LogP contribution in [0.4, 0.5) is 18.3 Å². The van der Waals surface area contributed by atoms with Gasteiger partial charge in [-0.2, -0.15) is 18.2 Å². The van der Waals surface area contributed by atoms with E-state index in [1.54, 1.807) is 4.90 Å². The van der Waals surface area contributed by atoms with Crippen LogP contribution in [0.25, 0.3) is 0 Å². The summed E-state index contributed by atoms with van der Waals surface area (Å²) in [6.45, 7) is 3.36. The van der Waals surface area contributed by atoms with Gasteiger partial charge in [-0.05, 0) is 6.92 Å². The van der Waals surface area contributed by atoms with Gasteiger partial charge in [-0.25, -0.2) is 0 Å². The molecular weight excluding hydrogens is 415 g/mol. The molecule has 2 fully saturated rings. The van der Waals surface area contributed by atoms with Crippen molar-refractivity contribution in [3.63, 3.8) is 0 Å². The average molecular weight is 433 g/mol. The second kappa shape index (κ2) is 6.96. The van der Waals surface area contributed by atoms with E-state index in [0.717, 1.165) is 11.3 Å². The Morgan fingerprint density at radius 2 is 2.10 bits per heavy atom. The van der Waals surface area contributed by atoms with Crippen molar-refractivity contribution in [3.05, 3.63) is 37.7 Å². The standard InChI is InChI=1S/C17H18F3N3O5S/c1-9-8-27-16(28-9)2-4-22(5-3-16)15-21-14(24)11-6-10(17(18,19)20)7-12(23(25)26)13(11)29-15/h7,9H,2-6,8H2,1H3,(H,25,26)/t9-/m0/s1. The van der Waals surface area contributed by atoms with E-state index in [0.29, 0.717) is 38.6 Å². The molecular formula is C17H18F3N3O5S. The number of anilines is 1. The first-order chi connectivity index (χ1) is 13.6. The number of hydrogen-bond acceptors (Lipinski definition) is 8. The maximum Gasteiger partial charge on any atom is 0.413 e. The smallest absolute Gasteiger partial charge is 0.413 e. The zero-order chi connectivity index (χ0) is 21.0. The molecule has 0 bridgehead atoms. The van der Waals surface area contributed by atoms with Crippen LogP contribution < -0.4 is 10.5 Å². The van der Waals surface area contributed by atoms with Gasteiger partial charge in [0, 0.05) is 54.5 Å². The third-order valence-electron chi connectivity index (χ3n) is 5.20. The summed E-state index contributed by atoms with van der Waals surface area (Å²) >= 11 is 0.909. The van der Waals surface area contributed by atoms with Crippen LogP contribution >= 0.6 is 11.3 Å². The monoisotopic (exact) mass is 433 g/mol. The topological polar surface area (TPSA) is 98.0 Å². The summed E-state index contributed by atoms with van der Waals surface area (Å²) in [4.78, 5) is 17.6. The second-order valence-electron chi connectivity index (χ2n) is 7.25. The summed E-state index contributed by atoms with van der Waals surface area (Å²) in [6, 6.07) is 0. The lowest BCUT2D eigenvalue weighted by Crippen LogP contribution is -2.46. The van der Waals surface area contributed by atoms with Gasteiger partial charge in [-0.1, -0.05) is 11.3 Å². The predicted octanol–water partition coefficient (Wildman–Crippen LogP) is 1.97. The lowest BCUT2D eigenvalue weighted by molar-refractivity contribution is -0.725. The van der Waals surface area contributed by atoms with E-state index in [2.05, 4.69) is 4.98 Å². The number of halogens is 3. The molecule has 0 unspecified atom stereocenters. The highest BCUT2D eigenvalue weighted by molar-refractivity contribution is 7.17. The van der Waals surface area contributed by atoms with E-state index in [4.69, 9.17) is 9.47 Å². The van der Waals surface area contributed by atoms with Crippen molar-refractivity contribution in [1.29, 1.82) is 0 Å². The Morgan fingerprint density at radius 1 is 1.41 bits per heavy atom. The van der Waals surface area contributed by atoms with Gasteiger partial charge < -0.3 is 19.6 Å². The normalized spacial score (nSPS) is 25.7. The Morgan fingerprint density at radius 3 is 2.66 bits per heavy atom. The SMILES string of the molecule is C[C@H]1COC2(CCN(c3nc(=O)c4c(s3)/C(=[N+](\[O-])O)C=C(C(F)(F)F)C4)CC2)O1. The summed E-state index contributed by atoms with van der Waals surface area (Å²) in [6.07, 6.45) is -3.77. The lowest BCUT2D eigenvalue weighted by atomic mass is 9.96. The number of nitrogens with zero attached hydrogens (tertiary/aromatic N) is 3. The Kier molecular flexibility index (Phi) is 4.82. The molecule has 1 spiro atoms. The quantitative estimate of drug-likeness (QED) is 0.411. The van der Waals surface area contributed by atoms with Crippen molar-refractivity contribution in [2.45, 2.75) is 44.3 Å². The second-order valence-corrected chi connectivity index (χ2v) is 8.23. The molecule has 1 aromatic rings. The third-order valence-corrected chi connectivity index (χ3v) is 6.39. The van der Waals surface area contributed by atoms with E-state index >= 15 is 0 Å². The minimum absolute atomic E-state index is 0.00107. The maximum absolute atomic E-state index is 13.1. The number of rotatable bonds is 1. The van der Waals surface area contributed by atoms with Crippen molar-refractivity contribution in [1.82, 2.24) is 4.98 Å². The number of ether oxygens (including phenoxy) is 2. The summed E-state index contributed by atoms with van der Waals surface area (Å²) in [5.74, 6) is -0.659. The van der Waals surface area contributed by atoms with Crippen LogP contribution in [0, 0.1) is 5.21 Å². The molecule has 0 aromatic carbocycles. The first-order valence-electron chi connectivity index (χ1n) is 9.00. The van der Waals surface area contributed by atoms with Crippen LogP contribution in [-0.4, -0.2) is 58.6 Å². The van der Waals surface area contributed by atoms with Crippen LogP contribution in [0.2, 0.25) is 0 Å². The predicted molar refractivity (Wildman–Crippen MR) is 96.4 cm³/mol. The van der Waals surface area contributed by atoms with E-state index < -0.39 is 40.1 Å². The fraction of sp³-hybridized carbons (Fsp3) is 0.588. The molecule has 0 radical (unpaired) electrons. The minimum atomic E-state index is -4.73. The fourth-order valence-electron chi connectivity index (χ4n) is 3.73. The van der Waals surface area contributed by atoms with Gasteiger partial charge in [-0.3, -0.25) is 10.0 Å². The van der Waals surface area contributed by atoms with E-state index in [9.17, 15) is 28.4 Å². The number of hydrogen-bond donors (Lipinski definition) is 1. The van der Waals surface area contributed by atoms with Crippen molar-refractivity contribution in [2.24, 2.45) is 0 Å². The van der Waals surface area contributed by atoms with E-state index in [1.807, 2.05) is 6.92 Å². The molecule has 3 heterocycles. The van der Waals surface area contributed by atoms with Gasteiger partial charge in [0.25, 0.3) is 11.3 Å². The van der Waals surface area contributed by atoms with Crippen LogP contribution in [0.3, 0.4) is 0 Å². The molecule has 1 N–H and O–H groups in total. The Hall–Kier alpha value is -2.18. The average Bonchev–Trinajstić information content (AvgIpc) is 3.00. The molecule has 158 valence electrons. The van der Waals surface area contributed by atoms with Gasteiger partial charge in [0.2, 0.25) is 0 Å². The van der Waals surface area contributed by atoms with Gasteiger partial charge in [0.1, 0.15) is 4.88 Å². The number of alkyl halides is 3. The molecule has 3 aliphatic rings. The summed E-state index contributed by atoms with van der Waals surface area (Å²) in [5.41, 5.74) is -2.79. The highest BCUT2D eigenvalue weighted by atomic mass is 32.1. The molecule has 4 rings (SSSR count). The molecule has 2 aliphatic heterocycles. The van der Waals surface area contributed by atoms with E-state index in [-0.39, 0.29) is 21.7 Å². The van der Waals surface area contributed by atoms with Gasteiger partial charge in [-0.15, -0.1) is 0 Å². The summed E-state index contributed by atoms with van der Waals surface area (Å²) < 4.78 is 50.9. The third kappa shape index (κ3) is 3.71. The molecule has 2 saturated heterocycles. The molecule has 1 aromatic heterocycles. The molecule has 8 nitrogen and oxygen atoms in total. The summed E-state index contributed by atoms with van der Waals surface area (Å²) in [5, 5.41) is 21.1. The summed E-state index contributed by atoms with van der Waals surface area (Å²) in [7, 11) is 0. The largest absolute Gasteiger partial charge is 0.417 e. The number of allylic oxidation sites excluding steroid dienone is 2. The van der Waals surface area contributed by atoms with Crippen molar-refractivity contribution in [3.8, 4) is 0 Å². The van der Waals surface area contributed by atoms with Crippen LogP contribution in [0.5, 0.6) is 0 Å². The Labute approximate surface area is 167 Å². The zero-order valence-corrected chi connectivity index (χ0v) is 16.2. The molecule has 12 heteroatoms. The fourth-order valence-corrected chi connectivity index (χ4v) is 4.87. The lowest BCUT2D eigenvalue weighted by Gasteiger charge is -2.38. The van der Waals surface area contributed by atoms with Crippen LogP contribution in [-0.2, 0) is 15.9 Å². The van der Waals surface area contributed by atoms with Crippen molar-refractivity contribution >= 4 is 22.2 Å². The number of piperidine rings is 1. The van der Waals surface area contributed by atoms with Crippen LogP contribution in [0.15, 0.2) is 16.4 Å². The first-order valence-corrected chi connectivity index (χ1v) is 9.82. The maximum atomic E-state index is 13.1. The number of aromatic nitrogens is 1. The Bertz CT molecular complexity index is 947. The van der Waals surface area contributed by atoms with Crippen LogP contribution in [0.1, 0.15) is 30.2 Å². The molecule has 1 atom stereocenters. The van der Waals surface area contributed by atoms with Gasteiger partial charge in [0.05, 0.1) is 12.7 Å². The molecule has 1 aliphatic carbocycles. The molecule has 0 saturated carbocycles.